The van der Waals surface area contributed by atoms with Crippen molar-refractivity contribution in [3.63, 3.8) is 0 Å². The van der Waals surface area contributed by atoms with Crippen LogP contribution in [0, 0.1) is 6.92 Å². The van der Waals surface area contributed by atoms with Crippen molar-refractivity contribution in [2.24, 2.45) is 0 Å². The SMILES string of the molecule is Cc1nc(C2CCCC2)sc1C(=O)N1CCN(C(C)c2ccccn2)CC1. The van der Waals surface area contributed by atoms with Gasteiger partial charge in [-0.1, -0.05) is 18.9 Å². The highest BCUT2D eigenvalue weighted by Crippen LogP contribution is 2.37. The van der Waals surface area contributed by atoms with E-state index in [2.05, 4.69) is 22.9 Å². The van der Waals surface area contributed by atoms with E-state index in [1.54, 1.807) is 11.3 Å². The third-order valence-electron chi connectivity index (χ3n) is 5.98. The average Bonchev–Trinajstić information content (AvgIpc) is 3.37. The van der Waals surface area contributed by atoms with E-state index in [1.807, 2.05) is 30.2 Å². The fourth-order valence-electron chi connectivity index (χ4n) is 4.23. The maximum atomic E-state index is 13.1. The van der Waals surface area contributed by atoms with Crippen LogP contribution in [0.2, 0.25) is 0 Å². The van der Waals surface area contributed by atoms with Crippen molar-refractivity contribution in [2.45, 2.75) is 51.5 Å². The highest BCUT2D eigenvalue weighted by Gasteiger charge is 2.29. The molecule has 1 atom stereocenters. The first-order chi connectivity index (χ1) is 13.1. The monoisotopic (exact) mass is 384 g/mol. The number of aryl methyl sites for hydroxylation is 1. The van der Waals surface area contributed by atoms with Crippen molar-refractivity contribution in [1.82, 2.24) is 19.8 Å². The van der Waals surface area contributed by atoms with Crippen LogP contribution < -0.4 is 0 Å². The summed E-state index contributed by atoms with van der Waals surface area (Å²) in [7, 11) is 0. The van der Waals surface area contributed by atoms with Crippen molar-refractivity contribution in [1.29, 1.82) is 0 Å². The summed E-state index contributed by atoms with van der Waals surface area (Å²) in [6.45, 7) is 7.49. The van der Waals surface area contributed by atoms with Crippen LogP contribution in [0.25, 0.3) is 0 Å². The normalized spacial score (nSPS) is 20.1. The first kappa shape index (κ1) is 18.6. The van der Waals surface area contributed by atoms with Gasteiger partial charge in [-0.25, -0.2) is 4.98 Å². The molecule has 5 nitrogen and oxygen atoms in total. The van der Waals surface area contributed by atoms with Crippen LogP contribution in [0.4, 0.5) is 0 Å². The predicted octanol–water partition coefficient (Wildman–Crippen LogP) is 4.02. The molecule has 4 rings (SSSR count). The minimum atomic E-state index is 0.166. The molecule has 0 N–H and O–H groups in total. The number of pyridine rings is 1. The fourth-order valence-corrected chi connectivity index (χ4v) is 5.43. The summed E-state index contributed by atoms with van der Waals surface area (Å²) < 4.78 is 0. The van der Waals surface area contributed by atoms with Crippen LogP contribution in [0.15, 0.2) is 24.4 Å². The van der Waals surface area contributed by atoms with Gasteiger partial charge in [0.2, 0.25) is 0 Å². The minimum Gasteiger partial charge on any atom is -0.335 e. The second-order valence-corrected chi connectivity index (χ2v) is 8.74. The van der Waals surface area contributed by atoms with E-state index >= 15 is 0 Å². The Morgan fingerprint density at radius 3 is 2.59 bits per heavy atom. The largest absolute Gasteiger partial charge is 0.335 e. The number of thiazole rings is 1. The van der Waals surface area contributed by atoms with Gasteiger partial charge < -0.3 is 4.90 Å². The fraction of sp³-hybridized carbons (Fsp3) is 0.571. The van der Waals surface area contributed by atoms with Gasteiger partial charge in [0, 0.05) is 44.3 Å². The van der Waals surface area contributed by atoms with Crippen LogP contribution in [0.1, 0.15) is 70.6 Å². The van der Waals surface area contributed by atoms with E-state index in [0.717, 1.165) is 42.4 Å². The zero-order chi connectivity index (χ0) is 18.8. The first-order valence-corrected chi connectivity index (χ1v) is 10.9. The lowest BCUT2D eigenvalue weighted by Crippen LogP contribution is -2.49. The average molecular weight is 385 g/mol. The quantitative estimate of drug-likeness (QED) is 0.799. The van der Waals surface area contributed by atoms with E-state index in [0.29, 0.717) is 5.92 Å². The Morgan fingerprint density at radius 2 is 1.93 bits per heavy atom. The van der Waals surface area contributed by atoms with E-state index in [4.69, 9.17) is 4.98 Å². The maximum absolute atomic E-state index is 13.1. The third-order valence-corrected chi connectivity index (χ3v) is 7.28. The first-order valence-electron chi connectivity index (χ1n) is 10.0. The lowest BCUT2D eigenvalue weighted by molar-refractivity contribution is 0.0582. The van der Waals surface area contributed by atoms with Crippen molar-refractivity contribution in [3.8, 4) is 0 Å². The molecule has 3 heterocycles. The van der Waals surface area contributed by atoms with Crippen LogP contribution >= 0.6 is 11.3 Å². The molecule has 2 fully saturated rings. The van der Waals surface area contributed by atoms with Gasteiger partial charge in [-0.2, -0.15) is 0 Å². The molecule has 2 aliphatic rings. The van der Waals surface area contributed by atoms with Gasteiger partial charge in [0.1, 0.15) is 4.88 Å². The summed E-state index contributed by atoms with van der Waals surface area (Å²) in [6, 6.07) is 6.34. The van der Waals surface area contributed by atoms with Gasteiger partial charge in [-0.3, -0.25) is 14.7 Å². The van der Waals surface area contributed by atoms with Gasteiger partial charge in [-0.05, 0) is 38.8 Å². The van der Waals surface area contributed by atoms with Gasteiger partial charge in [0.25, 0.3) is 5.91 Å². The molecule has 6 heteroatoms. The molecular formula is C21H28N4OS. The molecule has 1 saturated carbocycles. The number of piperazine rings is 1. The van der Waals surface area contributed by atoms with Crippen molar-refractivity contribution in [3.05, 3.63) is 45.7 Å². The molecule has 27 heavy (non-hydrogen) atoms. The van der Waals surface area contributed by atoms with E-state index < -0.39 is 0 Å². The molecule has 1 unspecified atom stereocenters. The second kappa shape index (κ2) is 8.07. The molecule has 0 bridgehead atoms. The van der Waals surface area contributed by atoms with Gasteiger partial charge in [0.15, 0.2) is 0 Å². The Balaban J connectivity index is 1.39. The molecule has 1 aliphatic carbocycles. The van der Waals surface area contributed by atoms with E-state index in [-0.39, 0.29) is 11.9 Å². The van der Waals surface area contributed by atoms with Crippen molar-refractivity contribution in [2.75, 3.05) is 26.2 Å². The Kier molecular flexibility index (Phi) is 5.55. The number of nitrogens with zero attached hydrogens (tertiary/aromatic N) is 4. The van der Waals surface area contributed by atoms with E-state index in [9.17, 15) is 4.79 Å². The molecule has 1 aliphatic heterocycles. The zero-order valence-electron chi connectivity index (χ0n) is 16.2. The number of carbonyl (C=O) groups is 1. The summed E-state index contributed by atoms with van der Waals surface area (Å²) in [4.78, 5) is 27.5. The minimum absolute atomic E-state index is 0.166. The summed E-state index contributed by atoms with van der Waals surface area (Å²) in [5.74, 6) is 0.741. The highest BCUT2D eigenvalue weighted by molar-refractivity contribution is 7.13. The zero-order valence-corrected chi connectivity index (χ0v) is 17.0. The number of amides is 1. The van der Waals surface area contributed by atoms with Crippen LogP contribution in [-0.2, 0) is 0 Å². The summed E-state index contributed by atoms with van der Waals surface area (Å²) in [5, 5.41) is 1.18. The standard InChI is InChI=1S/C21H28N4OS/c1-15-19(27-20(23-15)17-7-3-4-8-17)21(26)25-13-11-24(12-14-25)16(2)18-9-5-6-10-22-18/h5-6,9-10,16-17H,3-4,7-8,11-14H2,1-2H3. The van der Waals surface area contributed by atoms with Crippen LogP contribution in [0.5, 0.6) is 0 Å². The van der Waals surface area contributed by atoms with Gasteiger partial charge >= 0.3 is 0 Å². The molecular weight excluding hydrogens is 356 g/mol. The molecule has 0 aromatic carbocycles. The lowest BCUT2D eigenvalue weighted by atomic mass is 10.1. The van der Waals surface area contributed by atoms with E-state index in [1.165, 1.54) is 30.7 Å². The molecule has 1 amide bonds. The Labute approximate surface area is 165 Å². The summed E-state index contributed by atoms with van der Waals surface area (Å²) >= 11 is 1.64. The van der Waals surface area contributed by atoms with Crippen molar-refractivity contribution < 1.29 is 4.79 Å². The van der Waals surface area contributed by atoms with Crippen molar-refractivity contribution >= 4 is 17.2 Å². The number of rotatable bonds is 4. The molecule has 144 valence electrons. The topological polar surface area (TPSA) is 49.3 Å². The van der Waals surface area contributed by atoms with Crippen LogP contribution in [0.3, 0.4) is 0 Å². The smallest absolute Gasteiger partial charge is 0.265 e. The number of aromatic nitrogens is 2. The molecule has 1 saturated heterocycles. The molecule has 2 aromatic rings. The van der Waals surface area contributed by atoms with Gasteiger partial charge in [-0.15, -0.1) is 11.3 Å². The second-order valence-electron chi connectivity index (χ2n) is 7.71. The molecule has 0 spiro atoms. The summed E-state index contributed by atoms with van der Waals surface area (Å²) in [6.07, 6.45) is 6.89. The predicted molar refractivity (Wildman–Crippen MR) is 108 cm³/mol. The number of carbonyl (C=O) groups excluding carboxylic acids is 1. The Morgan fingerprint density at radius 1 is 1.19 bits per heavy atom. The highest BCUT2D eigenvalue weighted by atomic mass is 32.1. The third kappa shape index (κ3) is 3.92. The Bertz CT molecular complexity index is 777. The summed E-state index contributed by atoms with van der Waals surface area (Å²) in [5.41, 5.74) is 2.01. The maximum Gasteiger partial charge on any atom is 0.265 e. The number of hydrogen-bond donors (Lipinski definition) is 0. The molecule has 2 aromatic heterocycles. The lowest BCUT2D eigenvalue weighted by Gasteiger charge is -2.37. The van der Waals surface area contributed by atoms with Gasteiger partial charge in [0.05, 0.1) is 16.4 Å². The number of hydrogen-bond acceptors (Lipinski definition) is 5. The Hall–Kier alpha value is -1.79. The van der Waals surface area contributed by atoms with Crippen LogP contribution in [-0.4, -0.2) is 51.9 Å². The molecule has 0 radical (unpaired) electrons.